The van der Waals surface area contributed by atoms with E-state index in [0.717, 1.165) is 29.7 Å². The molecule has 110 valence electrons. The molecular weight excluding hydrogens is 299 g/mol. The van der Waals surface area contributed by atoms with E-state index in [2.05, 4.69) is 15.3 Å². The number of imidazole rings is 1. The minimum Gasteiger partial charge on any atom is -0.345 e. The average Bonchev–Trinajstić information content (AvgIpc) is 2.96. The Balaban J connectivity index is 0.000001000. The van der Waals surface area contributed by atoms with Crippen LogP contribution in [0.3, 0.4) is 0 Å². The molecule has 1 saturated carbocycles. The van der Waals surface area contributed by atoms with Crippen molar-refractivity contribution in [1.82, 2.24) is 15.3 Å². The van der Waals surface area contributed by atoms with Crippen LogP contribution < -0.4 is 11.1 Å². The number of benzene rings is 1. The summed E-state index contributed by atoms with van der Waals surface area (Å²) in [6, 6.07) is 7.63. The fourth-order valence-electron chi connectivity index (χ4n) is 1.95. The molecular formula is C13H18Cl2N4O. The minimum atomic E-state index is -0.639. The van der Waals surface area contributed by atoms with Crippen LogP contribution in [0.15, 0.2) is 24.3 Å². The zero-order valence-corrected chi connectivity index (χ0v) is 12.7. The summed E-state index contributed by atoms with van der Waals surface area (Å²) >= 11 is 0. The second-order valence-corrected chi connectivity index (χ2v) is 4.99. The Labute approximate surface area is 129 Å². The molecule has 1 aromatic carbocycles. The molecule has 5 nitrogen and oxygen atoms in total. The summed E-state index contributed by atoms with van der Waals surface area (Å²) in [5, 5.41) is 2.90. The lowest BCUT2D eigenvalue weighted by atomic mass is 10.2. The minimum absolute atomic E-state index is 0. The van der Waals surface area contributed by atoms with E-state index >= 15 is 0 Å². The number of nitrogens with zero attached hydrogens (tertiary/aromatic N) is 1. The fraction of sp³-hybridized carbons (Fsp3) is 0.385. The van der Waals surface area contributed by atoms with Crippen molar-refractivity contribution in [3.05, 3.63) is 30.1 Å². The summed E-state index contributed by atoms with van der Waals surface area (Å²) in [6.45, 7) is 1.90. The van der Waals surface area contributed by atoms with Gasteiger partial charge in [0.15, 0.2) is 0 Å². The number of hydrogen-bond acceptors (Lipinski definition) is 3. The Hall–Kier alpha value is -1.30. The standard InChI is InChI=1S/C13H16N4O.2ClH/c1-8(15-12(18)13(14)6-7-13)11-16-9-4-2-3-5-10(9)17-11;;/h2-5,8H,6-7,14H2,1H3,(H,15,18)(H,16,17);2*1H. The van der Waals surface area contributed by atoms with Crippen molar-refractivity contribution in [3.63, 3.8) is 0 Å². The monoisotopic (exact) mass is 316 g/mol. The van der Waals surface area contributed by atoms with Gasteiger partial charge in [0.25, 0.3) is 0 Å². The van der Waals surface area contributed by atoms with Gasteiger partial charge in [-0.15, -0.1) is 24.8 Å². The predicted molar refractivity (Wildman–Crippen MR) is 83.3 cm³/mol. The third-order valence-electron chi connectivity index (χ3n) is 3.41. The average molecular weight is 317 g/mol. The molecule has 1 aliphatic rings. The smallest absolute Gasteiger partial charge is 0.240 e. The largest absolute Gasteiger partial charge is 0.345 e. The Morgan fingerprint density at radius 3 is 2.65 bits per heavy atom. The van der Waals surface area contributed by atoms with E-state index in [-0.39, 0.29) is 36.8 Å². The van der Waals surface area contributed by atoms with Gasteiger partial charge in [-0.2, -0.15) is 0 Å². The number of para-hydroxylation sites is 2. The van der Waals surface area contributed by atoms with Crippen LogP contribution >= 0.6 is 24.8 Å². The second-order valence-electron chi connectivity index (χ2n) is 4.99. The third-order valence-corrected chi connectivity index (χ3v) is 3.41. The SMILES string of the molecule is CC(NC(=O)C1(N)CC1)c1nc2ccccc2[nH]1.Cl.Cl. The maximum absolute atomic E-state index is 11.8. The van der Waals surface area contributed by atoms with E-state index in [9.17, 15) is 4.79 Å². The molecule has 7 heteroatoms. The highest BCUT2D eigenvalue weighted by Crippen LogP contribution is 2.32. The number of aromatic amines is 1. The Kier molecular flexibility index (Phi) is 5.02. The molecule has 3 rings (SSSR count). The maximum Gasteiger partial charge on any atom is 0.240 e. The van der Waals surface area contributed by atoms with Crippen molar-refractivity contribution in [2.45, 2.75) is 31.3 Å². The first-order valence-corrected chi connectivity index (χ1v) is 6.13. The van der Waals surface area contributed by atoms with Crippen molar-refractivity contribution < 1.29 is 4.79 Å². The van der Waals surface area contributed by atoms with Crippen LogP contribution in [-0.2, 0) is 4.79 Å². The Morgan fingerprint density at radius 2 is 2.05 bits per heavy atom. The molecule has 1 aliphatic carbocycles. The van der Waals surface area contributed by atoms with E-state index in [1.54, 1.807) is 0 Å². The molecule has 1 amide bonds. The highest BCUT2D eigenvalue weighted by molar-refractivity contribution is 5.89. The number of H-pyrrole nitrogens is 1. The van der Waals surface area contributed by atoms with Gasteiger partial charge in [-0.1, -0.05) is 12.1 Å². The molecule has 0 spiro atoms. The molecule has 1 atom stereocenters. The van der Waals surface area contributed by atoms with Gasteiger partial charge < -0.3 is 16.0 Å². The molecule has 4 N–H and O–H groups in total. The number of carbonyl (C=O) groups excluding carboxylic acids is 1. The normalized spacial score (nSPS) is 16.7. The van der Waals surface area contributed by atoms with Gasteiger partial charge in [0.2, 0.25) is 5.91 Å². The maximum atomic E-state index is 11.8. The van der Waals surface area contributed by atoms with Crippen molar-refractivity contribution in [2.75, 3.05) is 0 Å². The van der Waals surface area contributed by atoms with Crippen molar-refractivity contribution in [1.29, 1.82) is 0 Å². The van der Waals surface area contributed by atoms with Gasteiger partial charge in [0.1, 0.15) is 5.82 Å². The highest BCUT2D eigenvalue weighted by atomic mass is 35.5. The number of nitrogens with two attached hydrogens (primary N) is 1. The predicted octanol–water partition coefficient (Wildman–Crippen LogP) is 2.08. The number of rotatable bonds is 3. The first-order valence-electron chi connectivity index (χ1n) is 6.13. The summed E-state index contributed by atoms with van der Waals surface area (Å²) in [5.74, 6) is 0.671. The number of hydrogen-bond donors (Lipinski definition) is 3. The van der Waals surface area contributed by atoms with E-state index in [0.29, 0.717) is 0 Å². The molecule has 1 unspecified atom stereocenters. The molecule has 20 heavy (non-hydrogen) atoms. The molecule has 1 heterocycles. The number of carbonyl (C=O) groups is 1. The first-order chi connectivity index (χ1) is 8.58. The molecule has 0 bridgehead atoms. The van der Waals surface area contributed by atoms with Gasteiger partial charge in [0.05, 0.1) is 22.6 Å². The molecule has 0 aliphatic heterocycles. The Bertz CT molecular complexity index is 576. The van der Waals surface area contributed by atoms with Crippen LogP contribution in [0.5, 0.6) is 0 Å². The van der Waals surface area contributed by atoms with Crippen LogP contribution in [0.25, 0.3) is 11.0 Å². The lowest BCUT2D eigenvalue weighted by Crippen LogP contribution is -2.43. The number of aromatic nitrogens is 2. The first kappa shape index (κ1) is 16.8. The van der Waals surface area contributed by atoms with Gasteiger partial charge in [0, 0.05) is 0 Å². The molecule has 1 aromatic heterocycles. The van der Waals surface area contributed by atoms with Crippen LogP contribution in [0.4, 0.5) is 0 Å². The van der Waals surface area contributed by atoms with E-state index in [4.69, 9.17) is 5.73 Å². The zero-order chi connectivity index (χ0) is 12.8. The van der Waals surface area contributed by atoms with Crippen LogP contribution in [0.1, 0.15) is 31.6 Å². The quantitative estimate of drug-likeness (QED) is 0.810. The number of amides is 1. The lowest BCUT2D eigenvalue weighted by Gasteiger charge is -2.14. The van der Waals surface area contributed by atoms with Crippen molar-refractivity contribution in [2.24, 2.45) is 5.73 Å². The summed E-state index contributed by atoms with van der Waals surface area (Å²) < 4.78 is 0. The van der Waals surface area contributed by atoms with Crippen LogP contribution in [-0.4, -0.2) is 21.4 Å². The fourth-order valence-corrected chi connectivity index (χ4v) is 1.95. The molecule has 2 aromatic rings. The number of halogens is 2. The molecule has 0 radical (unpaired) electrons. The van der Waals surface area contributed by atoms with Gasteiger partial charge in [-0.3, -0.25) is 4.79 Å². The summed E-state index contributed by atoms with van der Waals surface area (Å²) in [6.07, 6.45) is 1.54. The van der Waals surface area contributed by atoms with E-state index in [1.165, 1.54) is 0 Å². The topological polar surface area (TPSA) is 83.8 Å². The Morgan fingerprint density at radius 1 is 1.40 bits per heavy atom. The van der Waals surface area contributed by atoms with Gasteiger partial charge in [-0.25, -0.2) is 4.98 Å². The van der Waals surface area contributed by atoms with E-state index < -0.39 is 5.54 Å². The lowest BCUT2D eigenvalue weighted by molar-refractivity contribution is -0.123. The van der Waals surface area contributed by atoms with E-state index in [1.807, 2.05) is 31.2 Å². The number of fused-ring (bicyclic) bond motifs is 1. The van der Waals surface area contributed by atoms with Gasteiger partial charge >= 0.3 is 0 Å². The molecule has 0 saturated heterocycles. The van der Waals surface area contributed by atoms with Crippen LogP contribution in [0.2, 0.25) is 0 Å². The van der Waals surface area contributed by atoms with Crippen molar-refractivity contribution in [3.8, 4) is 0 Å². The zero-order valence-electron chi connectivity index (χ0n) is 11.1. The van der Waals surface area contributed by atoms with Crippen molar-refractivity contribution >= 4 is 41.8 Å². The summed E-state index contributed by atoms with van der Waals surface area (Å²) in [5.41, 5.74) is 7.09. The van der Waals surface area contributed by atoms with Gasteiger partial charge in [-0.05, 0) is 31.9 Å². The third kappa shape index (κ3) is 3.06. The second kappa shape index (κ2) is 5.99. The summed E-state index contributed by atoms with van der Waals surface area (Å²) in [7, 11) is 0. The number of nitrogens with one attached hydrogen (secondary N) is 2. The summed E-state index contributed by atoms with van der Waals surface area (Å²) in [4.78, 5) is 19.5. The molecule has 1 fully saturated rings. The highest BCUT2D eigenvalue weighted by Gasteiger charge is 2.46. The van der Waals surface area contributed by atoms with Crippen LogP contribution in [0, 0.1) is 0 Å².